The lowest BCUT2D eigenvalue weighted by atomic mass is 9.92. The zero-order valence-corrected chi connectivity index (χ0v) is 28.3. The van der Waals surface area contributed by atoms with Crippen LogP contribution in [0.1, 0.15) is 35.5 Å². The Kier molecular flexibility index (Phi) is 5.56. The van der Waals surface area contributed by atoms with E-state index < -0.39 is 11.8 Å². The predicted octanol–water partition coefficient (Wildman–Crippen LogP) is 8.01. The van der Waals surface area contributed by atoms with Crippen molar-refractivity contribution in [2.45, 2.75) is 44.0 Å². The summed E-state index contributed by atoms with van der Waals surface area (Å²) >= 11 is 1.58. The van der Waals surface area contributed by atoms with Crippen molar-refractivity contribution >= 4 is 76.9 Å². The minimum Gasteiger partial charge on any atom is -0.374 e. The zero-order valence-electron chi connectivity index (χ0n) is 27.5. The molecule has 3 aliphatic heterocycles. The van der Waals surface area contributed by atoms with Crippen molar-refractivity contribution < 1.29 is 18.7 Å². The Hall–Kier alpha value is -5.23. The number of anilines is 1. The molecule has 11 rings (SSSR count). The van der Waals surface area contributed by atoms with E-state index in [1.165, 1.54) is 6.07 Å². The first-order valence-corrected chi connectivity index (χ1v) is 17.6. The van der Waals surface area contributed by atoms with Crippen molar-refractivity contribution in [3.63, 3.8) is 0 Å². The first-order chi connectivity index (χ1) is 24.4. The van der Waals surface area contributed by atoms with Gasteiger partial charge < -0.3 is 33.8 Å². The van der Waals surface area contributed by atoms with Gasteiger partial charge in [-0.2, -0.15) is 0 Å². The Labute approximate surface area is 288 Å². The van der Waals surface area contributed by atoms with Crippen LogP contribution in [0.25, 0.3) is 65.0 Å². The first-order valence-electron chi connectivity index (χ1n) is 16.8. The summed E-state index contributed by atoms with van der Waals surface area (Å²) in [5, 5.41) is 9.00. The van der Waals surface area contributed by atoms with Crippen LogP contribution in [0.15, 0.2) is 79.1 Å². The van der Waals surface area contributed by atoms with Crippen molar-refractivity contribution in [2.75, 3.05) is 19.1 Å². The number of thiazole rings is 1. The quantitative estimate of drug-likeness (QED) is 0.196. The van der Waals surface area contributed by atoms with Crippen LogP contribution in [-0.4, -0.2) is 51.3 Å². The van der Waals surface area contributed by atoms with Crippen LogP contribution in [0.3, 0.4) is 0 Å². The van der Waals surface area contributed by atoms with Crippen LogP contribution in [-0.2, 0) is 21.7 Å². The normalized spacial score (nSPS) is 22.7. The molecule has 1 fully saturated rings. The molecule has 8 aromatic rings. The van der Waals surface area contributed by atoms with E-state index in [1.807, 2.05) is 18.5 Å². The second-order valence-electron chi connectivity index (χ2n) is 13.8. The van der Waals surface area contributed by atoms with Crippen molar-refractivity contribution in [1.29, 1.82) is 0 Å². The van der Waals surface area contributed by atoms with Gasteiger partial charge in [-0.3, -0.25) is 4.79 Å². The lowest BCUT2D eigenvalue weighted by Crippen LogP contribution is -2.60. The van der Waals surface area contributed by atoms with E-state index in [4.69, 9.17) is 14.5 Å². The molecule has 50 heavy (non-hydrogen) atoms. The number of para-hydroxylation sites is 2. The highest BCUT2D eigenvalue weighted by molar-refractivity contribution is 7.19. The Morgan fingerprint density at radius 1 is 1.04 bits per heavy atom. The van der Waals surface area contributed by atoms with Crippen molar-refractivity contribution in [3.05, 3.63) is 96.1 Å². The highest BCUT2D eigenvalue weighted by Gasteiger charge is 2.54. The number of amides is 1. The molecule has 7 heterocycles. The number of fused-ring (bicyclic) bond motifs is 14. The molecule has 3 aliphatic rings. The number of aromatic nitrogens is 4. The molecule has 1 amide bonds. The van der Waals surface area contributed by atoms with Crippen LogP contribution < -0.4 is 10.2 Å². The molecule has 11 heteroatoms. The van der Waals surface area contributed by atoms with E-state index in [1.54, 1.807) is 30.6 Å². The summed E-state index contributed by atoms with van der Waals surface area (Å²) < 4.78 is 32.8. The van der Waals surface area contributed by atoms with Gasteiger partial charge in [0.1, 0.15) is 18.1 Å². The predicted molar refractivity (Wildman–Crippen MR) is 194 cm³/mol. The molecule has 2 bridgehead atoms. The number of nitrogens with zero attached hydrogens (tertiary/aromatic N) is 4. The average Bonchev–Trinajstić information content (AvgIpc) is 3.94. The number of ether oxygens (including phenoxy) is 2. The Balaban J connectivity index is 1.16. The van der Waals surface area contributed by atoms with Gasteiger partial charge >= 0.3 is 0 Å². The second-order valence-corrected chi connectivity index (χ2v) is 14.8. The molecule has 248 valence electrons. The monoisotopic (exact) mass is 682 g/mol. The molecule has 0 spiro atoms. The summed E-state index contributed by atoms with van der Waals surface area (Å²) in [5.41, 5.74) is 6.79. The van der Waals surface area contributed by atoms with Crippen molar-refractivity contribution in [3.8, 4) is 10.4 Å². The van der Waals surface area contributed by atoms with Crippen LogP contribution in [0.5, 0.6) is 0 Å². The molecule has 9 nitrogen and oxygen atoms in total. The number of H-pyrrole nitrogens is 1. The number of methoxy groups -OCH3 is 1. The fourth-order valence-corrected chi connectivity index (χ4v) is 10.3. The number of benzene rings is 4. The van der Waals surface area contributed by atoms with Gasteiger partial charge in [0.05, 0.1) is 38.5 Å². The highest BCUT2D eigenvalue weighted by atomic mass is 32.1. The molecular weight excluding hydrogens is 652 g/mol. The van der Waals surface area contributed by atoms with E-state index in [2.05, 4.69) is 80.8 Å². The maximum absolute atomic E-state index is 14.3. The fourth-order valence-electron chi connectivity index (χ4n) is 9.38. The molecule has 0 unspecified atom stereocenters. The van der Waals surface area contributed by atoms with Gasteiger partial charge in [-0.15, -0.1) is 0 Å². The average molecular weight is 683 g/mol. The van der Waals surface area contributed by atoms with Crippen LogP contribution in [0, 0.1) is 5.82 Å². The van der Waals surface area contributed by atoms with Crippen LogP contribution in [0.2, 0.25) is 0 Å². The Bertz CT molecular complexity index is 2780. The number of carbonyl (C=O) groups excluding carboxylic acids is 1. The maximum Gasteiger partial charge on any atom is 0.252 e. The largest absolute Gasteiger partial charge is 0.374 e. The summed E-state index contributed by atoms with van der Waals surface area (Å²) in [4.78, 5) is 25.0. The van der Waals surface area contributed by atoms with Gasteiger partial charge in [0.2, 0.25) is 0 Å². The van der Waals surface area contributed by atoms with E-state index in [0.717, 1.165) is 81.2 Å². The van der Waals surface area contributed by atoms with E-state index in [0.29, 0.717) is 13.0 Å². The van der Waals surface area contributed by atoms with Gasteiger partial charge in [-0.1, -0.05) is 47.7 Å². The number of hydrogen-bond donors (Lipinski definition) is 2. The van der Waals surface area contributed by atoms with Crippen LogP contribution in [0.4, 0.5) is 9.52 Å². The number of nitrogens with one attached hydrogen (secondary N) is 2. The summed E-state index contributed by atoms with van der Waals surface area (Å²) in [6.45, 7) is 2.62. The zero-order chi connectivity index (χ0) is 33.6. The topological polar surface area (TPSA) is 89.3 Å². The number of halogens is 1. The summed E-state index contributed by atoms with van der Waals surface area (Å²) in [6, 6.07) is 21.4. The van der Waals surface area contributed by atoms with Gasteiger partial charge in [0.15, 0.2) is 10.9 Å². The highest BCUT2D eigenvalue weighted by Crippen LogP contribution is 2.54. The van der Waals surface area contributed by atoms with Crippen LogP contribution >= 0.6 is 11.3 Å². The third-order valence-electron chi connectivity index (χ3n) is 11.4. The van der Waals surface area contributed by atoms with Gasteiger partial charge in [-0.25, -0.2) is 9.37 Å². The van der Waals surface area contributed by atoms with Gasteiger partial charge in [-0.05, 0) is 42.8 Å². The van der Waals surface area contributed by atoms with Crippen molar-refractivity contribution in [2.24, 2.45) is 0 Å². The molecule has 4 aromatic heterocycles. The summed E-state index contributed by atoms with van der Waals surface area (Å²) in [6.07, 6.45) is 3.62. The molecule has 4 aromatic carbocycles. The SMILES string of the molecule is CO[C@@H]1[C@H](N(C)c2ncc(-c3c[nH]c4ccc(F)cc34)s2)C[C@H]2O[C@]1(C)n1c3ccccc3c3c4c(c5c6ccccc6n2c5c31)C(=O)NC4. The maximum atomic E-state index is 14.3. The van der Waals surface area contributed by atoms with Crippen molar-refractivity contribution in [1.82, 2.24) is 24.4 Å². The van der Waals surface area contributed by atoms with Gasteiger partial charge in [0.25, 0.3) is 5.91 Å². The molecule has 0 aliphatic carbocycles. The first kappa shape index (κ1) is 28.6. The molecule has 0 saturated carbocycles. The third-order valence-corrected chi connectivity index (χ3v) is 12.5. The lowest BCUT2D eigenvalue weighted by molar-refractivity contribution is -0.253. The second kappa shape index (κ2) is 9.72. The molecule has 4 atom stereocenters. The van der Waals surface area contributed by atoms with E-state index in [-0.39, 0.29) is 24.0 Å². The molecular formula is C39H31FN6O3S. The summed E-state index contributed by atoms with van der Waals surface area (Å²) in [7, 11) is 3.84. The number of rotatable bonds is 4. The smallest absolute Gasteiger partial charge is 0.252 e. The molecule has 1 saturated heterocycles. The van der Waals surface area contributed by atoms with Gasteiger partial charge in [0, 0.05) is 77.5 Å². The minimum atomic E-state index is -0.941. The number of hydrogen-bond acceptors (Lipinski definition) is 6. The number of likely N-dealkylation sites (N-methyl/N-ethyl adjacent to an activating group) is 1. The Morgan fingerprint density at radius 2 is 1.82 bits per heavy atom. The lowest BCUT2D eigenvalue weighted by Gasteiger charge is -2.50. The fraction of sp³-hybridized carbons (Fsp3) is 0.231. The number of aromatic amines is 1. The third kappa shape index (κ3) is 3.42. The molecule has 0 radical (unpaired) electrons. The standard InChI is InChI=1S/C39H31FN6O3S/c1-39-36(48-3)28(44(2)38-43-18-29(50-38)23-16-41-25-13-12-19(40)14-22(23)25)15-30(49-39)45-26-10-6-4-8-20(26)32-33-24(17-42-37(33)47)31-21-9-5-7-11-27(21)46(39)35(31)34(32)45/h4-14,16,18,28,30,36,41H,15,17H2,1-3H3,(H,42,47)/t28-,30-,36-,39+/m1/s1. The number of carbonyl (C=O) groups is 1. The molecule has 2 N–H and O–H groups in total. The Morgan fingerprint density at radius 3 is 2.64 bits per heavy atom. The minimum absolute atomic E-state index is 0.0362. The van der Waals surface area contributed by atoms with E-state index in [9.17, 15) is 9.18 Å². The summed E-state index contributed by atoms with van der Waals surface area (Å²) in [5.74, 6) is -0.308. The van der Waals surface area contributed by atoms with E-state index >= 15 is 0 Å².